The van der Waals surface area contributed by atoms with Crippen LogP contribution in [0.15, 0.2) is 49.1 Å². The van der Waals surface area contributed by atoms with Gasteiger partial charge in [0.15, 0.2) is 5.79 Å². The molecule has 0 saturated carbocycles. The molecule has 0 radical (unpaired) electrons. The summed E-state index contributed by atoms with van der Waals surface area (Å²) in [5, 5.41) is 0. The minimum atomic E-state index is -0.568. The fraction of sp³-hybridized carbons (Fsp3) is 0.591. The van der Waals surface area contributed by atoms with Crippen molar-refractivity contribution in [3.05, 3.63) is 54.6 Å². The van der Waals surface area contributed by atoms with Crippen LogP contribution in [0.4, 0.5) is 0 Å². The van der Waals surface area contributed by atoms with E-state index in [9.17, 15) is 0 Å². The number of aromatic nitrogens is 2. The van der Waals surface area contributed by atoms with Crippen molar-refractivity contribution in [2.45, 2.75) is 64.7 Å². The van der Waals surface area contributed by atoms with Gasteiger partial charge in [0.1, 0.15) is 0 Å². The highest BCUT2D eigenvalue weighted by atomic mass is 16.7. The van der Waals surface area contributed by atoms with Crippen LogP contribution in [0.1, 0.15) is 51.5 Å². The lowest BCUT2D eigenvalue weighted by molar-refractivity contribution is -0.314. The van der Waals surface area contributed by atoms with Gasteiger partial charge in [-0.3, -0.25) is 0 Å². The Morgan fingerprint density at radius 3 is 2.27 bits per heavy atom. The van der Waals surface area contributed by atoms with Crippen molar-refractivity contribution in [2.75, 3.05) is 13.2 Å². The number of benzene rings is 1. The first-order valence-electron chi connectivity index (χ1n) is 9.97. The van der Waals surface area contributed by atoms with E-state index in [1.165, 1.54) is 31.2 Å². The molecule has 0 N–H and O–H groups in total. The number of hydrogen-bond donors (Lipinski definition) is 0. The first-order chi connectivity index (χ1) is 12.7. The van der Waals surface area contributed by atoms with E-state index in [-0.39, 0.29) is 5.41 Å². The standard InChI is InChI=1S/C22H32N2O2/c1-3-11-21(12-4-2)17-25-22(26-18-21,16-24-15-14-23-19-24)13-10-20-8-6-5-7-9-20/h5-9,14-15,19H,3-4,10-13,16-18H2,1-2H3. The molecule has 1 aliphatic heterocycles. The Kier molecular flexibility index (Phi) is 6.49. The highest BCUT2D eigenvalue weighted by Gasteiger charge is 2.44. The number of nitrogens with zero attached hydrogens (tertiary/aromatic N) is 2. The molecule has 3 rings (SSSR count). The molecule has 142 valence electrons. The molecule has 0 amide bonds. The Hall–Kier alpha value is -1.65. The lowest BCUT2D eigenvalue weighted by atomic mass is 9.79. The van der Waals surface area contributed by atoms with Gasteiger partial charge in [-0.05, 0) is 24.8 Å². The molecule has 4 heteroatoms. The van der Waals surface area contributed by atoms with Crippen LogP contribution in [-0.2, 0) is 22.4 Å². The van der Waals surface area contributed by atoms with Gasteiger partial charge >= 0.3 is 0 Å². The van der Waals surface area contributed by atoms with E-state index in [0.29, 0.717) is 6.54 Å². The molecule has 1 aromatic carbocycles. The van der Waals surface area contributed by atoms with E-state index in [0.717, 1.165) is 26.1 Å². The summed E-state index contributed by atoms with van der Waals surface area (Å²) in [6, 6.07) is 10.6. The van der Waals surface area contributed by atoms with Gasteiger partial charge in [-0.25, -0.2) is 4.98 Å². The summed E-state index contributed by atoms with van der Waals surface area (Å²) in [6.07, 6.45) is 12.1. The predicted molar refractivity (Wildman–Crippen MR) is 104 cm³/mol. The molecule has 1 aliphatic rings. The Balaban J connectivity index is 1.72. The van der Waals surface area contributed by atoms with Crippen LogP contribution in [0.5, 0.6) is 0 Å². The summed E-state index contributed by atoms with van der Waals surface area (Å²) in [5.41, 5.74) is 1.50. The molecule has 1 saturated heterocycles. The van der Waals surface area contributed by atoms with Gasteiger partial charge in [-0.15, -0.1) is 0 Å². The van der Waals surface area contributed by atoms with Crippen molar-refractivity contribution in [2.24, 2.45) is 5.41 Å². The first kappa shape index (κ1) is 19.1. The molecule has 4 nitrogen and oxygen atoms in total. The van der Waals surface area contributed by atoms with E-state index < -0.39 is 5.79 Å². The smallest absolute Gasteiger partial charge is 0.186 e. The van der Waals surface area contributed by atoms with Gasteiger partial charge in [-0.2, -0.15) is 0 Å². The van der Waals surface area contributed by atoms with Crippen molar-refractivity contribution >= 4 is 0 Å². The Labute approximate surface area is 157 Å². The third-order valence-electron chi connectivity index (χ3n) is 5.46. The average Bonchev–Trinajstić information content (AvgIpc) is 3.17. The molecule has 2 heterocycles. The second kappa shape index (κ2) is 8.83. The minimum Gasteiger partial charge on any atom is -0.347 e. The molecular weight excluding hydrogens is 324 g/mol. The van der Waals surface area contributed by atoms with Crippen molar-refractivity contribution in [3.8, 4) is 0 Å². The van der Waals surface area contributed by atoms with Crippen LogP contribution in [-0.4, -0.2) is 28.6 Å². The van der Waals surface area contributed by atoms with Crippen molar-refractivity contribution in [1.82, 2.24) is 9.55 Å². The van der Waals surface area contributed by atoms with Gasteiger partial charge < -0.3 is 14.0 Å². The van der Waals surface area contributed by atoms with E-state index >= 15 is 0 Å². The maximum atomic E-state index is 6.51. The fourth-order valence-electron chi connectivity index (χ4n) is 4.08. The van der Waals surface area contributed by atoms with Crippen LogP contribution in [0.25, 0.3) is 0 Å². The van der Waals surface area contributed by atoms with Crippen LogP contribution < -0.4 is 0 Å². The SMILES string of the molecule is CCCC1(CCC)COC(CCc2ccccc2)(Cn2ccnc2)OC1. The largest absolute Gasteiger partial charge is 0.347 e. The summed E-state index contributed by atoms with van der Waals surface area (Å²) in [7, 11) is 0. The highest BCUT2D eigenvalue weighted by molar-refractivity contribution is 5.15. The van der Waals surface area contributed by atoms with Crippen LogP contribution >= 0.6 is 0 Å². The molecule has 0 spiro atoms. The van der Waals surface area contributed by atoms with Gasteiger partial charge in [0, 0.05) is 24.2 Å². The minimum absolute atomic E-state index is 0.175. The van der Waals surface area contributed by atoms with E-state index in [4.69, 9.17) is 9.47 Å². The second-order valence-electron chi connectivity index (χ2n) is 7.71. The normalized spacial score (nSPS) is 18.7. The first-order valence-corrected chi connectivity index (χ1v) is 9.97. The van der Waals surface area contributed by atoms with E-state index in [1.807, 2.05) is 18.7 Å². The van der Waals surface area contributed by atoms with E-state index in [1.54, 1.807) is 0 Å². The summed E-state index contributed by atoms with van der Waals surface area (Å²) in [6.45, 7) is 6.77. The summed E-state index contributed by atoms with van der Waals surface area (Å²) >= 11 is 0. The zero-order chi connectivity index (χ0) is 18.3. The number of ether oxygens (including phenoxy) is 2. The number of hydrogen-bond acceptors (Lipinski definition) is 3. The third kappa shape index (κ3) is 4.74. The molecule has 1 aromatic heterocycles. The number of imidazole rings is 1. The topological polar surface area (TPSA) is 36.3 Å². The quantitative estimate of drug-likeness (QED) is 0.645. The second-order valence-corrected chi connectivity index (χ2v) is 7.71. The van der Waals surface area contributed by atoms with Crippen molar-refractivity contribution in [3.63, 3.8) is 0 Å². The van der Waals surface area contributed by atoms with E-state index in [2.05, 4.69) is 53.7 Å². The lowest BCUT2D eigenvalue weighted by Crippen LogP contribution is -2.52. The van der Waals surface area contributed by atoms with Gasteiger partial charge in [0.2, 0.25) is 0 Å². The predicted octanol–water partition coefficient (Wildman–Crippen LogP) is 4.85. The summed E-state index contributed by atoms with van der Waals surface area (Å²) in [4.78, 5) is 4.18. The summed E-state index contributed by atoms with van der Waals surface area (Å²) in [5.74, 6) is -0.568. The highest BCUT2D eigenvalue weighted by Crippen LogP contribution is 2.40. The molecule has 26 heavy (non-hydrogen) atoms. The summed E-state index contributed by atoms with van der Waals surface area (Å²) < 4.78 is 15.1. The lowest BCUT2D eigenvalue weighted by Gasteiger charge is -2.47. The third-order valence-corrected chi connectivity index (χ3v) is 5.46. The van der Waals surface area contributed by atoms with Crippen LogP contribution in [0.2, 0.25) is 0 Å². The van der Waals surface area contributed by atoms with Crippen LogP contribution in [0, 0.1) is 5.41 Å². The van der Waals surface area contributed by atoms with Crippen molar-refractivity contribution in [1.29, 1.82) is 0 Å². The zero-order valence-corrected chi connectivity index (χ0v) is 16.2. The monoisotopic (exact) mass is 356 g/mol. The van der Waals surface area contributed by atoms with Gasteiger partial charge in [0.05, 0.1) is 26.1 Å². The Morgan fingerprint density at radius 2 is 1.69 bits per heavy atom. The molecule has 0 bridgehead atoms. The number of rotatable bonds is 9. The average molecular weight is 357 g/mol. The molecule has 0 aliphatic carbocycles. The van der Waals surface area contributed by atoms with Crippen LogP contribution in [0.3, 0.4) is 0 Å². The molecule has 0 atom stereocenters. The molecule has 0 unspecified atom stereocenters. The molecule has 2 aromatic rings. The maximum absolute atomic E-state index is 6.51. The Morgan fingerprint density at radius 1 is 1.00 bits per heavy atom. The van der Waals surface area contributed by atoms with Gasteiger partial charge in [-0.1, -0.05) is 57.0 Å². The Bertz CT molecular complexity index is 623. The number of aryl methyl sites for hydroxylation is 1. The van der Waals surface area contributed by atoms with Gasteiger partial charge in [0.25, 0.3) is 0 Å². The van der Waals surface area contributed by atoms with Crippen molar-refractivity contribution < 1.29 is 9.47 Å². The molecule has 1 fully saturated rings. The zero-order valence-electron chi connectivity index (χ0n) is 16.2. The molecular formula is C22H32N2O2. The maximum Gasteiger partial charge on any atom is 0.186 e. The fourth-order valence-corrected chi connectivity index (χ4v) is 4.08.